The number of aryl methyl sites for hydroxylation is 1. The molecule has 3 atom stereocenters. The summed E-state index contributed by atoms with van der Waals surface area (Å²) in [5.41, 5.74) is -2.78. The van der Waals surface area contributed by atoms with Gasteiger partial charge in [-0.1, -0.05) is 6.07 Å². The standard InChI is InChI=1S/C19H21F6N3O5/c1-9-4-5-12-11(6-9)28(8-19(23,24)25)14(29)13(10(2)33-12)27-16(31)17(3,32)15(30)26-7-18(20,21)22/h4-6,10,13,32H,7-8H2,1-3H3,(H,26,30)(H,27,31)/t10-,13+,17?/m1/s1. The number of halogens is 6. The Labute approximate surface area is 183 Å². The van der Waals surface area contributed by atoms with Gasteiger partial charge in [0.25, 0.3) is 17.7 Å². The third-order valence-corrected chi connectivity index (χ3v) is 4.68. The summed E-state index contributed by atoms with van der Waals surface area (Å²) in [5.74, 6) is -4.68. The van der Waals surface area contributed by atoms with Crippen LogP contribution in [0.2, 0.25) is 0 Å². The van der Waals surface area contributed by atoms with Gasteiger partial charge in [0.05, 0.1) is 5.69 Å². The highest BCUT2D eigenvalue weighted by Crippen LogP contribution is 2.36. The van der Waals surface area contributed by atoms with Crippen molar-refractivity contribution in [1.29, 1.82) is 0 Å². The molecule has 0 fully saturated rings. The summed E-state index contributed by atoms with van der Waals surface area (Å²) < 4.78 is 82.0. The minimum absolute atomic E-state index is 0.0860. The Bertz CT molecular complexity index is 931. The minimum Gasteiger partial charge on any atom is -0.486 e. The number of carbonyl (C=O) groups excluding carboxylic acids is 3. The minimum atomic E-state index is -4.83. The lowest BCUT2D eigenvalue weighted by molar-refractivity contribution is -0.159. The number of nitrogens with zero attached hydrogens (tertiary/aromatic N) is 1. The van der Waals surface area contributed by atoms with E-state index in [0.29, 0.717) is 17.4 Å². The number of ether oxygens (including phenoxy) is 1. The third kappa shape index (κ3) is 6.49. The first-order chi connectivity index (χ1) is 14.9. The average Bonchev–Trinajstić information content (AvgIpc) is 2.75. The fourth-order valence-electron chi connectivity index (χ4n) is 2.95. The predicted octanol–water partition coefficient (Wildman–Crippen LogP) is 1.59. The number of anilines is 1. The molecule has 0 aromatic heterocycles. The lowest BCUT2D eigenvalue weighted by Gasteiger charge is -2.29. The maximum Gasteiger partial charge on any atom is 0.406 e. The molecule has 3 N–H and O–H groups in total. The summed E-state index contributed by atoms with van der Waals surface area (Å²) in [5, 5.41) is 13.4. The van der Waals surface area contributed by atoms with E-state index in [2.05, 4.69) is 0 Å². The van der Waals surface area contributed by atoms with Crippen molar-refractivity contribution in [2.75, 3.05) is 18.0 Å². The first kappa shape index (κ1) is 26.2. The maximum absolute atomic E-state index is 13.2. The molecule has 1 aromatic carbocycles. The van der Waals surface area contributed by atoms with Crippen LogP contribution in [-0.2, 0) is 14.4 Å². The normalized spacial score (nSPS) is 20.8. The molecular weight excluding hydrogens is 464 g/mol. The van der Waals surface area contributed by atoms with Gasteiger partial charge in [-0.05, 0) is 38.5 Å². The van der Waals surface area contributed by atoms with Crippen LogP contribution in [0.15, 0.2) is 18.2 Å². The molecule has 1 heterocycles. The van der Waals surface area contributed by atoms with E-state index in [4.69, 9.17) is 4.74 Å². The predicted molar refractivity (Wildman–Crippen MR) is 101 cm³/mol. The summed E-state index contributed by atoms with van der Waals surface area (Å²) in [4.78, 5) is 37.7. The maximum atomic E-state index is 13.2. The first-order valence-corrected chi connectivity index (χ1v) is 9.46. The molecule has 184 valence electrons. The highest BCUT2D eigenvalue weighted by atomic mass is 19.4. The summed E-state index contributed by atoms with van der Waals surface area (Å²) >= 11 is 0. The number of benzene rings is 1. The highest BCUT2D eigenvalue weighted by Gasteiger charge is 2.46. The van der Waals surface area contributed by atoms with Gasteiger partial charge in [0, 0.05) is 0 Å². The van der Waals surface area contributed by atoms with Crippen LogP contribution in [0.25, 0.3) is 0 Å². The van der Waals surface area contributed by atoms with E-state index in [1.54, 1.807) is 6.92 Å². The first-order valence-electron chi connectivity index (χ1n) is 9.46. The van der Waals surface area contributed by atoms with Crippen molar-refractivity contribution in [2.24, 2.45) is 0 Å². The van der Waals surface area contributed by atoms with Crippen molar-refractivity contribution >= 4 is 23.4 Å². The van der Waals surface area contributed by atoms with Gasteiger partial charge < -0.3 is 20.5 Å². The monoisotopic (exact) mass is 485 g/mol. The molecule has 14 heteroatoms. The van der Waals surface area contributed by atoms with Crippen molar-refractivity contribution in [1.82, 2.24) is 10.6 Å². The van der Waals surface area contributed by atoms with Gasteiger partial charge in [-0.3, -0.25) is 19.3 Å². The Kier molecular flexibility index (Phi) is 7.21. The van der Waals surface area contributed by atoms with E-state index in [1.165, 1.54) is 30.4 Å². The van der Waals surface area contributed by atoms with E-state index in [9.17, 15) is 45.8 Å². The quantitative estimate of drug-likeness (QED) is 0.434. The van der Waals surface area contributed by atoms with Gasteiger partial charge in [0.1, 0.15) is 31.0 Å². The van der Waals surface area contributed by atoms with E-state index in [0.717, 1.165) is 0 Å². The molecule has 33 heavy (non-hydrogen) atoms. The van der Waals surface area contributed by atoms with Gasteiger partial charge in [0.15, 0.2) is 0 Å². The van der Waals surface area contributed by atoms with E-state index < -0.39 is 60.9 Å². The molecule has 1 aliphatic heterocycles. The number of hydrogen-bond donors (Lipinski definition) is 3. The fraction of sp³-hybridized carbons (Fsp3) is 0.526. The van der Waals surface area contributed by atoms with Crippen LogP contribution in [0, 0.1) is 6.92 Å². The van der Waals surface area contributed by atoms with Crippen LogP contribution in [0.3, 0.4) is 0 Å². The van der Waals surface area contributed by atoms with Gasteiger partial charge in [0.2, 0.25) is 5.60 Å². The molecule has 0 radical (unpaired) electrons. The molecule has 0 bridgehead atoms. The van der Waals surface area contributed by atoms with Gasteiger partial charge in [-0.25, -0.2) is 0 Å². The van der Waals surface area contributed by atoms with Gasteiger partial charge in [-0.2, -0.15) is 26.3 Å². The van der Waals surface area contributed by atoms with Gasteiger partial charge >= 0.3 is 12.4 Å². The summed E-state index contributed by atoms with van der Waals surface area (Å²) in [6.45, 7) is -0.173. The average molecular weight is 485 g/mol. The zero-order chi connectivity index (χ0) is 25.4. The molecule has 0 spiro atoms. The largest absolute Gasteiger partial charge is 0.486 e. The second-order valence-electron chi connectivity index (χ2n) is 7.65. The smallest absolute Gasteiger partial charge is 0.406 e. The van der Waals surface area contributed by atoms with Crippen LogP contribution < -0.4 is 20.3 Å². The zero-order valence-electron chi connectivity index (χ0n) is 17.6. The zero-order valence-corrected chi connectivity index (χ0v) is 17.6. The molecular formula is C19H21F6N3O5. The number of aliphatic hydroxyl groups is 1. The summed E-state index contributed by atoms with van der Waals surface area (Å²) in [6.07, 6.45) is -10.9. The van der Waals surface area contributed by atoms with Crippen LogP contribution in [-0.4, -0.2) is 66.0 Å². The van der Waals surface area contributed by atoms with Crippen molar-refractivity contribution in [2.45, 2.75) is 50.9 Å². The highest BCUT2D eigenvalue weighted by molar-refractivity contribution is 6.10. The topological polar surface area (TPSA) is 108 Å². The molecule has 3 amide bonds. The number of rotatable bonds is 5. The van der Waals surface area contributed by atoms with Crippen molar-refractivity contribution in [3.8, 4) is 5.75 Å². The number of nitrogens with one attached hydrogen (secondary N) is 2. The van der Waals surface area contributed by atoms with Crippen LogP contribution in [0.5, 0.6) is 5.75 Å². The molecule has 1 aromatic rings. The summed E-state index contributed by atoms with van der Waals surface area (Å²) in [7, 11) is 0. The second-order valence-corrected chi connectivity index (χ2v) is 7.65. The molecule has 0 saturated heterocycles. The lowest BCUT2D eigenvalue weighted by Crippen LogP contribution is -2.62. The lowest BCUT2D eigenvalue weighted by atomic mass is 10.0. The fourth-order valence-corrected chi connectivity index (χ4v) is 2.95. The Morgan fingerprint density at radius 2 is 1.73 bits per heavy atom. The molecule has 0 aliphatic carbocycles. The van der Waals surface area contributed by atoms with Crippen LogP contribution in [0.1, 0.15) is 19.4 Å². The number of alkyl halides is 6. The third-order valence-electron chi connectivity index (χ3n) is 4.68. The Balaban J connectivity index is 2.33. The van der Waals surface area contributed by atoms with E-state index in [-0.39, 0.29) is 11.4 Å². The number of hydrogen-bond acceptors (Lipinski definition) is 5. The molecule has 1 aliphatic rings. The SMILES string of the molecule is Cc1ccc2c(c1)N(CC(F)(F)F)C(=O)[C@@H](NC(=O)C(C)(O)C(=O)NCC(F)(F)F)[C@@H](C)O2. The Morgan fingerprint density at radius 1 is 1.12 bits per heavy atom. The summed E-state index contributed by atoms with van der Waals surface area (Å²) in [6, 6.07) is 2.32. The van der Waals surface area contributed by atoms with Gasteiger partial charge in [-0.15, -0.1) is 0 Å². The van der Waals surface area contributed by atoms with Crippen molar-refractivity contribution in [3.63, 3.8) is 0 Å². The van der Waals surface area contributed by atoms with Crippen molar-refractivity contribution in [3.05, 3.63) is 23.8 Å². The van der Waals surface area contributed by atoms with Crippen LogP contribution >= 0.6 is 0 Å². The van der Waals surface area contributed by atoms with Crippen molar-refractivity contribution < 1.29 is 50.6 Å². The second kappa shape index (κ2) is 9.08. The van der Waals surface area contributed by atoms with E-state index in [1.807, 2.05) is 5.32 Å². The molecule has 1 unspecified atom stereocenters. The Hall–Kier alpha value is -3.03. The molecule has 2 rings (SSSR count). The molecule has 0 saturated carbocycles. The number of carbonyl (C=O) groups is 3. The van der Waals surface area contributed by atoms with E-state index >= 15 is 0 Å². The number of fused-ring (bicyclic) bond motifs is 1. The Morgan fingerprint density at radius 3 is 2.27 bits per heavy atom. The number of amides is 3. The van der Waals surface area contributed by atoms with Crippen LogP contribution in [0.4, 0.5) is 32.0 Å². The molecule has 8 nitrogen and oxygen atoms in total.